The number of hydrogen-bond donors (Lipinski definition) is 1. The van der Waals surface area contributed by atoms with E-state index in [9.17, 15) is 14.4 Å². The van der Waals surface area contributed by atoms with E-state index in [4.69, 9.17) is 0 Å². The number of ether oxygens (including phenoxy) is 1. The minimum Gasteiger partial charge on any atom is -0.465 e. The Morgan fingerprint density at radius 3 is 2.54 bits per heavy atom. The Labute approximate surface area is 137 Å². The van der Waals surface area contributed by atoms with Crippen molar-refractivity contribution >= 4 is 22.8 Å². The molecule has 0 atom stereocenters. The van der Waals surface area contributed by atoms with Crippen molar-refractivity contribution < 1.29 is 14.3 Å². The fraction of sp³-hybridized carbons (Fsp3) is 0.111. The zero-order valence-corrected chi connectivity index (χ0v) is 12.9. The summed E-state index contributed by atoms with van der Waals surface area (Å²) in [5.41, 5.74) is 1.45. The van der Waals surface area contributed by atoms with Crippen LogP contribution in [0.4, 0.5) is 0 Å². The van der Waals surface area contributed by atoms with Crippen LogP contribution in [0.3, 0.4) is 0 Å². The molecule has 6 heteroatoms. The quantitative estimate of drug-likeness (QED) is 0.587. The highest BCUT2D eigenvalue weighted by molar-refractivity contribution is 5.97. The lowest BCUT2D eigenvalue weighted by Crippen LogP contribution is -2.19. The summed E-state index contributed by atoms with van der Waals surface area (Å²) < 4.78 is 4.64. The Morgan fingerprint density at radius 2 is 1.83 bits per heavy atom. The first-order valence-electron chi connectivity index (χ1n) is 7.28. The number of H-pyrrole nitrogens is 1. The molecule has 120 valence electrons. The van der Waals surface area contributed by atoms with E-state index in [0.29, 0.717) is 22.2 Å². The molecule has 24 heavy (non-hydrogen) atoms. The molecule has 0 amide bonds. The second-order valence-corrected chi connectivity index (χ2v) is 5.20. The van der Waals surface area contributed by atoms with Gasteiger partial charge in [-0.3, -0.25) is 9.59 Å². The minimum absolute atomic E-state index is 0.0892. The van der Waals surface area contributed by atoms with Crippen molar-refractivity contribution in [3.05, 3.63) is 75.7 Å². The van der Waals surface area contributed by atoms with Crippen LogP contribution in [-0.2, 0) is 11.2 Å². The third-order valence-electron chi connectivity index (χ3n) is 3.61. The topological polar surface area (TPSA) is 89.1 Å². The number of benzene rings is 2. The van der Waals surface area contributed by atoms with Gasteiger partial charge in [0.15, 0.2) is 5.78 Å². The molecule has 3 aromatic rings. The van der Waals surface area contributed by atoms with E-state index in [0.717, 1.165) is 0 Å². The van der Waals surface area contributed by atoms with Gasteiger partial charge in [-0.05, 0) is 18.2 Å². The van der Waals surface area contributed by atoms with Gasteiger partial charge in [0.1, 0.15) is 5.69 Å². The monoisotopic (exact) mass is 322 g/mol. The summed E-state index contributed by atoms with van der Waals surface area (Å²) in [5, 5.41) is 0. The Hall–Kier alpha value is -3.28. The predicted octanol–water partition coefficient (Wildman–Crippen LogP) is 2.14. The van der Waals surface area contributed by atoms with Crippen LogP contribution in [0, 0.1) is 0 Å². The Balaban J connectivity index is 1.95. The first-order valence-corrected chi connectivity index (χ1v) is 7.28. The number of Topliss-reactive ketones (excluding diaryl/α,β-unsaturated/α-hetero) is 1. The maximum absolute atomic E-state index is 12.2. The van der Waals surface area contributed by atoms with Crippen molar-refractivity contribution in [2.24, 2.45) is 0 Å². The summed E-state index contributed by atoms with van der Waals surface area (Å²) in [6, 6.07) is 13.4. The van der Waals surface area contributed by atoms with E-state index in [1.54, 1.807) is 36.4 Å². The molecule has 0 saturated heterocycles. The Morgan fingerprint density at radius 1 is 1.08 bits per heavy atom. The lowest BCUT2D eigenvalue weighted by molar-refractivity contribution is 0.0600. The molecule has 0 aliphatic carbocycles. The summed E-state index contributed by atoms with van der Waals surface area (Å²) in [5.74, 6) is -0.680. The van der Waals surface area contributed by atoms with Crippen molar-refractivity contribution in [2.75, 3.05) is 7.11 Å². The number of carbonyl (C=O) groups is 2. The van der Waals surface area contributed by atoms with Crippen molar-refractivity contribution in [3.63, 3.8) is 0 Å². The average molecular weight is 322 g/mol. The van der Waals surface area contributed by atoms with E-state index in [2.05, 4.69) is 14.7 Å². The number of rotatable bonds is 4. The van der Waals surface area contributed by atoms with Gasteiger partial charge in [-0.2, -0.15) is 0 Å². The number of fused-ring (bicyclic) bond motifs is 1. The minimum atomic E-state index is -0.499. The molecule has 1 aromatic heterocycles. The summed E-state index contributed by atoms with van der Waals surface area (Å²) in [6.45, 7) is 0. The highest BCUT2D eigenvalue weighted by Gasteiger charge is 2.13. The van der Waals surface area contributed by atoms with Crippen molar-refractivity contribution in [3.8, 4) is 0 Å². The van der Waals surface area contributed by atoms with Crippen molar-refractivity contribution in [1.29, 1.82) is 0 Å². The molecule has 0 aliphatic rings. The number of ketones is 1. The third kappa shape index (κ3) is 3.08. The zero-order chi connectivity index (χ0) is 17.1. The van der Waals surface area contributed by atoms with E-state index < -0.39 is 11.5 Å². The highest BCUT2D eigenvalue weighted by Crippen LogP contribution is 2.12. The number of methoxy groups -OCH3 is 1. The zero-order valence-electron chi connectivity index (χ0n) is 12.9. The first kappa shape index (κ1) is 15.6. The predicted molar refractivity (Wildman–Crippen MR) is 88.2 cm³/mol. The molecule has 0 saturated carbocycles. The highest BCUT2D eigenvalue weighted by atomic mass is 16.5. The third-order valence-corrected chi connectivity index (χ3v) is 3.61. The fourth-order valence-electron chi connectivity index (χ4n) is 2.37. The van der Waals surface area contributed by atoms with Crippen LogP contribution in [-0.4, -0.2) is 28.8 Å². The van der Waals surface area contributed by atoms with Crippen molar-refractivity contribution in [1.82, 2.24) is 9.97 Å². The second-order valence-electron chi connectivity index (χ2n) is 5.20. The van der Waals surface area contributed by atoms with Gasteiger partial charge in [0.2, 0.25) is 0 Å². The Bertz CT molecular complexity index is 977. The SMILES string of the molecule is COC(=O)c1ccc2nc(CC(=O)c3ccccc3)c(=O)[nH]c2c1. The molecular formula is C18H14N2O4. The van der Waals surface area contributed by atoms with Crippen LogP contribution in [0.15, 0.2) is 53.3 Å². The molecule has 0 unspecified atom stereocenters. The Kier molecular flexibility index (Phi) is 4.20. The van der Waals surface area contributed by atoms with Crippen LogP contribution < -0.4 is 5.56 Å². The molecule has 2 aromatic carbocycles. The molecule has 0 aliphatic heterocycles. The van der Waals surface area contributed by atoms with E-state index >= 15 is 0 Å². The summed E-state index contributed by atoms with van der Waals surface area (Å²) in [6.07, 6.45) is -0.0892. The average Bonchev–Trinajstić information content (AvgIpc) is 2.62. The lowest BCUT2D eigenvalue weighted by atomic mass is 10.1. The maximum Gasteiger partial charge on any atom is 0.337 e. The van der Waals surface area contributed by atoms with Crippen LogP contribution in [0.2, 0.25) is 0 Å². The molecule has 1 N–H and O–H groups in total. The second kappa shape index (κ2) is 6.45. The van der Waals surface area contributed by atoms with Crippen LogP contribution in [0.5, 0.6) is 0 Å². The molecule has 0 radical (unpaired) electrons. The standard InChI is InChI=1S/C18H14N2O4/c1-24-18(23)12-7-8-13-14(9-12)20-17(22)15(19-13)10-16(21)11-5-3-2-4-6-11/h2-9H,10H2,1H3,(H,20,22). The first-order chi connectivity index (χ1) is 11.6. The molecular weight excluding hydrogens is 308 g/mol. The van der Waals surface area contributed by atoms with Crippen molar-refractivity contribution in [2.45, 2.75) is 6.42 Å². The summed E-state index contributed by atoms with van der Waals surface area (Å²) >= 11 is 0. The number of aromatic amines is 1. The fourth-order valence-corrected chi connectivity index (χ4v) is 2.37. The molecule has 0 bridgehead atoms. The maximum atomic E-state index is 12.2. The smallest absolute Gasteiger partial charge is 0.337 e. The number of hydrogen-bond acceptors (Lipinski definition) is 5. The van der Waals surface area contributed by atoms with Gasteiger partial charge >= 0.3 is 5.97 Å². The summed E-state index contributed by atoms with van der Waals surface area (Å²) in [7, 11) is 1.28. The van der Waals surface area contributed by atoms with Gasteiger partial charge < -0.3 is 9.72 Å². The molecule has 1 heterocycles. The van der Waals surface area contributed by atoms with Crippen LogP contribution in [0.25, 0.3) is 11.0 Å². The molecule has 0 spiro atoms. The summed E-state index contributed by atoms with van der Waals surface area (Å²) in [4.78, 5) is 42.8. The lowest BCUT2D eigenvalue weighted by Gasteiger charge is -2.04. The van der Waals surface area contributed by atoms with E-state index in [1.807, 2.05) is 6.07 Å². The van der Waals surface area contributed by atoms with E-state index in [-0.39, 0.29) is 17.9 Å². The number of nitrogens with one attached hydrogen (secondary N) is 1. The number of aromatic nitrogens is 2. The molecule has 0 fully saturated rings. The van der Waals surface area contributed by atoms with Gasteiger partial charge in [0.25, 0.3) is 5.56 Å². The normalized spacial score (nSPS) is 10.5. The van der Waals surface area contributed by atoms with Gasteiger partial charge in [-0.15, -0.1) is 0 Å². The number of esters is 1. The largest absolute Gasteiger partial charge is 0.465 e. The van der Waals surface area contributed by atoms with Gasteiger partial charge in [0, 0.05) is 5.56 Å². The van der Waals surface area contributed by atoms with Gasteiger partial charge in [-0.25, -0.2) is 9.78 Å². The van der Waals surface area contributed by atoms with Gasteiger partial charge in [-0.1, -0.05) is 30.3 Å². The molecule has 6 nitrogen and oxygen atoms in total. The van der Waals surface area contributed by atoms with Crippen LogP contribution >= 0.6 is 0 Å². The number of nitrogens with zero attached hydrogens (tertiary/aromatic N) is 1. The van der Waals surface area contributed by atoms with E-state index in [1.165, 1.54) is 13.2 Å². The van der Waals surface area contributed by atoms with Gasteiger partial charge in [0.05, 0.1) is 30.1 Å². The number of carbonyl (C=O) groups excluding carboxylic acids is 2. The van der Waals surface area contributed by atoms with Crippen LogP contribution in [0.1, 0.15) is 26.4 Å². The molecule has 3 rings (SSSR count).